The van der Waals surface area contributed by atoms with Gasteiger partial charge in [0, 0.05) is 45.7 Å². The molecule has 0 N–H and O–H groups in total. The lowest BCUT2D eigenvalue weighted by molar-refractivity contribution is 0.655. The van der Waals surface area contributed by atoms with Crippen LogP contribution in [0.4, 0.5) is 0 Å². The van der Waals surface area contributed by atoms with Crippen molar-refractivity contribution in [3.05, 3.63) is 121 Å². The number of hydrogen-bond acceptors (Lipinski definition) is 5. The van der Waals surface area contributed by atoms with Crippen molar-refractivity contribution in [1.82, 2.24) is 9.97 Å². The Morgan fingerprint density at radius 2 is 1.07 bits per heavy atom. The largest absolute Gasteiger partial charge is 0.436 e. The predicted octanol–water partition coefficient (Wildman–Crippen LogP) is 11.6. The molecule has 5 heteroatoms. The number of benzene rings is 6. The first kappa shape index (κ1) is 23.5. The average Bonchev–Trinajstić information content (AvgIpc) is 3.74. The van der Waals surface area contributed by atoms with Gasteiger partial charge >= 0.3 is 0 Å². The second-order valence-electron chi connectivity index (χ2n) is 11.0. The fourth-order valence-corrected chi connectivity index (χ4v) is 8.95. The highest BCUT2D eigenvalue weighted by Crippen LogP contribution is 2.42. The molecule has 0 unspecified atom stereocenters. The Hall–Kier alpha value is -5.10. The van der Waals surface area contributed by atoms with Crippen molar-refractivity contribution in [2.75, 3.05) is 0 Å². The van der Waals surface area contributed by atoms with Crippen LogP contribution in [-0.4, -0.2) is 9.97 Å². The highest BCUT2D eigenvalue weighted by molar-refractivity contribution is 7.26. The van der Waals surface area contributed by atoms with Gasteiger partial charge in [0.25, 0.3) is 0 Å². The third kappa shape index (κ3) is 3.40. The molecule has 43 heavy (non-hydrogen) atoms. The van der Waals surface area contributed by atoms with Gasteiger partial charge in [0.2, 0.25) is 5.71 Å². The number of furan rings is 1. The highest BCUT2D eigenvalue weighted by atomic mass is 32.1. The SMILES string of the molecule is c1ccc2c(c1)sc1c(-c3ccc4nc5oc6ccc(-c7cccc8c7sc7ccccc78)cc6c5nc4c3)cccc12. The molecule has 0 fully saturated rings. The van der Waals surface area contributed by atoms with E-state index in [0.29, 0.717) is 5.71 Å². The lowest BCUT2D eigenvalue weighted by Gasteiger charge is -2.05. The first-order valence-electron chi connectivity index (χ1n) is 14.2. The van der Waals surface area contributed by atoms with Crippen molar-refractivity contribution in [2.24, 2.45) is 0 Å². The van der Waals surface area contributed by atoms with E-state index in [0.717, 1.165) is 38.6 Å². The Labute approximate surface area is 253 Å². The van der Waals surface area contributed by atoms with Gasteiger partial charge in [-0.15, -0.1) is 22.7 Å². The van der Waals surface area contributed by atoms with E-state index in [9.17, 15) is 0 Å². The number of thiophene rings is 2. The molecule has 0 aliphatic heterocycles. The van der Waals surface area contributed by atoms with Crippen molar-refractivity contribution in [3.8, 4) is 22.3 Å². The normalized spacial score (nSPS) is 12.2. The van der Waals surface area contributed by atoms with E-state index in [-0.39, 0.29) is 0 Å². The van der Waals surface area contributed by atoms with Gasteiger partial charge < -0.3 is 4.42 Å². The molecular weight excluding hydrogens is 565 g/mol. The van der Waals surface area contributed by atoms with Crippen LogP contribution in [0, 0.1) is 0 Å². The van der Waals surface area contributed by atoms with Crippen LogP contribution in [0.5, 0.6) is 0 Å². The van der Waals surface area contributed by atoms with Crippen molar-refractivity contribution in [3.63, 3.8) is 0 Å². The summed E-state index contributed by atoms with van der Waals surface area (Å²) < 4.78 is 11.4. The molecule has 0 aliphatic rings. The summed E-state index contributed by atoms with van der Waals surface area (Å²) in [7, 11) is 0. The molecule has 0 spiro atoms. The molecule has 4 heterocycles. The Kier molecular flexibility index (Phi) is 4.75. The van der Waals surface area contributed by atoms with E-state index in [1.54, 1.807) is 0 Å². The molecule has 0 aliphatic carbocycles. The first-order chi connectivity index (χ1) is 21.3. The Bertz CT molecular complexity index is 2740. The number of fused-ring (bicyclic) bond motifs is 10. The minimum Gasteiger partial charge on any atom is -0.436 e. The topological polar surface area (TPSA) is 38.9 Å². The van der Waals surface area contributed by atoms with Crippen LogP contribution in [-0.2, 0) is 0 Å². The van der Waals surface area contributed by atoms with Gasteiger partial charge in [0.05, 0.1) is 11.0 Å². The molecule has 3 nitrogen and oxygen atoms in total. The molecule has 200 valence electrons. The van der Waals surface area contributed by atoms with Crippen LogP contribution in [0.2, 0.25) is 0 Å². The van der Waals surface area contributed by atoms with Crippen LogP contribution in [0.1, 0.15) is 0 Å². The van der Waals surface area contributed by atoms with E-state index < -0.39 is 0 Å². The number of aromatic nitrogens is 2. The summed E-state index contributed by atoms with van der Waals surface area (Å²) in [6.45, 7) is 0. The minimum atomic E-state index is 0.569. The molecule has 0 radical (unpaired) electrons. The van der Waals surface area contributed by atoms with E-state index in [2.05, 4.69) is 121 Å². The minimum absolute atomic E-state index is 0.569. The molecule has 0 amide bonds. The zero-order valence-corrected chi connectivity index (χ0v) is 24.3. The third-order valence-corrected chi connectivity index (χ3v) is 10.9. The number of nitrogens with zero attached hydrogens (tertiary/aromatic N) is 2. The van der Waals surface area contributed by atoms with Gasteiger partial charge in [0.1, 0.15) is 11.1 Å². The smallest absolute Gasteiger partial charge is 0.246 e. The lowest BCUT2D eigenvalue weighted by Crippen LogP contribution is -1.87. The maximum atomic E-state index is 6.22. The Balaban J connectivity index is 1.16. The maximum Gasteiger partial charge on any atom is 0.246 e. The van der Waals surface area contributed by atoms with Crippen LogP contribution in [0.15, 0.2) is 126 Å². The summed E-state index contributed by atoms with van der Waals surface area (Å²) >= 11 is 3.69. The summed E-state index contributed by atoms with van der Waals surface area (Å²) in [5, 5.41) is 6.18. The lowest BCUT2D eigenvalue weighted by atomic mass is 10.0. The second kappa shape index (κ2) is 8.71. The van der Waals surface area contributed by atoms with E-state index in [1.807, 2.05) is 22.7 Å². The molecule has 0 bridgehead atoms. The summed E-state index contributed by atoms with van der Waals surface area (Å²) in [5.74, 6) is 0. The van der Waals surface area contributed by atoms with Crippen LogP contribution in [0.25, 0.3) is 95.8 Å². The zero-order valence-electron chi connectivity index (χ0n) is 22.7. The van der Waals surface area contributed by atoms with Crippen molar-refractivity contribution in [1.29, 1.82) is 0 Å². The van der Waals surface area contributed by atoms with Gasteiger partial charge in [-0.25, -0.2) is 9.97 Å². The standard InChI is InChI=1S/C38H20N2OS2/c1-3-13-33-25(7-1)27-11-5-9-23(36(27)42-33)21-16-18-32-29(19-21)35-38(41-32)40-30-17-15-22(20-31(30)39-35)24-10-6-12-28-26-8-2-4-14-34(26)43-37(24)28/h1-20H. The average molecular weight is 585 g/mol. The van der Waals surface area contributed by atoms with Gasteiger partial charge in [-0.3, -0.25) is 0 Å². The van der Waals surface area contributed by atoms with Crippen LogP contribution in [0.3, 0.4) is 0 Å². The number of rotatable bonds is 2. The summed E-state index contributed by atoms with van der Waals surface area (Å²) in [6, 6.07) is 43.2. The van der Waals surface area contributed by atoms with Crippen molar-refractivity contribution >= 4 is 96.3 Å². The van der Waals surface area contributed by atoms with E-state index in [4.69, 9.17) is 14.4 Å². The summed E-state index contributed by atoms with van der Waals surface area (Å²) in [6.07, 6.45) is 0. The molecule has 4 aromatic heterocycles. The van der Waals surface area contributed by atoms with Gasteiger partial charge in [0.15, 0.2) is 0 Å². The van der Waals surface area contributed by atoms with E-state index >= 15 is 0 Å². The van der Waals surface area contributed by atoms with Gasteiger partial charge in [-0.1, -0.05) is 84.9 Å². The van der Waals surface area contributed by atoms with E-state index in [1.165, 1.54) is 51.5 Å². The Morgan fingerprint density at radius 3 is 1.77 bits per heavy atom. The second-order valence-corrected chi connectivity index (χ2v) is 13.1. The molecule has 0 saturated heterocycles. The van der Waals surface area contributed by atoms with Crippen LogP contribution < -0.4 is 0 Å². The molecule has 0 saturated carbocycles. The van der Waals surface area contributed by atoms with Crippen molar-refractivity contribution in [2.45, 2.75) is 0 Å². The monoisotopic (exact) mass is 584 g/mol. The van der Waals surface area contributed by atoms with Gasteiger partial charge in [-0.05, 0) is 58.7 Å². The molecule has 10 rings (SSSR count). The first-order valence-corrected chi connectivity index (χ1v) is 15.9. The fraction of sp³-hybridized carbons (Fsp3) is 0. The fourth-order valence-electron chi connectivity index (χ4n) is 6.48. The van der Waals surface area contributed by atoms with Crippen LogP contribution >= 0.6 is 22.7 Å². The maximum absolute atomic E-state index is 6.22. The molecule has 0 atom stereocenters. The Morgan fingerprint density at radius 1 is 0.465 bits per heavy atom. The molecular formula is C38H20N2OS2. The third-order valence-electron chi connectivity index (χ3n) is 8.50. The van der Waals surface area contributed by atoms with Crippen molar-refractivity contribution < 1.29 is 4.42 Å². The highest BCUT2D eigenvalue weighted by Gasteiger charge is 2.16. The summed E-state index contributed by atoms with van der Waals surface area (Å²) in [5.41, 5.74) is 8.59. The quantitative estimate of drug-likeness (QED) is 0.203. The number of hydrogen-bond donors (Lipinski definition) is 0. The zero-order chi connectivity index (χ0) is 28.1. The molecule has 10 aromatic rings. The van der Waals surface area contributed by atoms with Gasteiger partial charge in [-0.2, -0.15) is 0 Å². The molecule has 6 aromatic carbocycles. The predicted molar refractivity (Wildman–Crippen MR) is 183 cm³/mol. The summed E-state index contributed by atoms with van der Waals surface area (Å²) in [4.78, 5) is 10.1.